The highest BCUT2D eigenvalue weighted by atomic mass is 35.5. The molecule has 0 aliphatic carbocycles. The van der Waals surface area contributed by atoms with Gasteiger partial charge in [0.15, 0.2) is 0 Å². The van der Waals surface area contributed by atoms with Crippen LogP contribution in [-0.2, 0) is 4.79 Å². The molecule has 1 atom stereocenters. The summed E-state index contributed by atoms with van der Waals surface area (Å²) in [4.78, 5) is 14.2. The fourth-order valence-corrected chi connectivity index (χ4v) is 3.00. The third kappa shape index (κ3) is 4.09. The summed E-state index contributed by atoms with van der Waals surface area (Å²) in [5, 5.41) is 6.89. The first-order valence-electron chi connectivity index (χ1n) is 6.71. The van der Waals surface area contributed by atoms with E-state index in [2.05, 4.69) is 15.5 Å². The minimum absolute atomic E-state index is 0.0786. The Kier molecular flexibility index (Phi) is 5.66. The van der Waals surface area contributed by atoms with E-state index in [-0.39, 0.29) is 5.91 Å². The average molecular weight is 316 g/mol. The van der Waals surface area contributed by atoms with Gasteiger partial charge in [0.2, 0.25) is 5.91 Å². The van der Waals surface area contributed by atoms with Crippen molar-refractivity contribution < 1.29 is 4.79 Å². The lowest BCUT2D eigenvalue weighted by atomic mass is 10.1. The van der Waals surface area contributed by atoms with Crippen LogP contribution < -0.4 is 10.6 Å². The monoisotopic (exact) mass is 315 g/mol. The van der Waals surface area contributed by atoms with Gasteiger partial charge in [0, 0.05) is 6.54 Å². The SMILES string of the molecule is CNCC1CCN(CC(=O)Nc2c(Cl)cccc2Cl)C1. The molecule has 1 saturated heterocycles. The smallest absolute Gasteiger partial charge is 0.238 e. The van der Waals surface area contributed by atoms with Gasteiger partial charge in [0.05, 0.1) is 22.3 Å². The van der Waals surface area contributed by atoms with Gasteiger partial charge in [-0.25, -0.2) is 0 Å². The van der Waals surface area contributed by atoms with E-state index in [4.69, 9.17) is 23.2 Å². The van der Waals surface area contributed by atoms with Gasteiger partial charge < -0.3 is 10.6 Å². The minimum atomic E-state index is -0.0786. The van der Waals surface area contributed by atoms with Crippen LogP contribution in [0.1, 0.15) is 6.42 Å². The fourth-order valence-electron chi connectivity index (χ4n) is 2.51. The van der Waals surface area contributed by atoms with Crippen molar-refractivity contribution in [1.29, 1.82) is 0 Å². The summed E-state index contributed by atoms with van der Waals surface area (Å²) >= 11 is 12.1. The Bertz CT molecular complexity index is 461. The molecular formula is C14H19Cl2N3O. The summed E-state index contributed by atoms with van der Waals surface area (Å²) in [6.45, 7) is 3.27. The molecule has 0 bridgehead atoms. The lowest BCUT2D eigenvalue weighted by Crippen LogP contribution is -2.32. The number of nitrogens with zero attached hydrogens (tertiary/aromatic N) is 1. The molecule has 1 aliphatic rings. The molecular weight excluding hydrogens is 297 g/mol. The number of amides is 1. The minimum Gasteiger partial charge on any atom is -0.322 e. The molecule has 1 aromatic carbocycles. The Hall–Kier alpha value is -0.810. The first-order valence-corrected chi connectivity index (χ1v) is 7.46. The van der Waals surface area contributed by atoms with E-state index in [1.165, 1.54) is 0 Å². The van der Waals surface area contributed by atoms with Crippen LogP contribution in [0.4, 0.5) is 5.69 Å². The van der Waals surface area contributed by atoms with Crippen molar-refractivity contribution in [2.24, 2.45) is 5.92 Å². The Morgan fingerprint density at radius 1 is 1.40 bits per heavy atom. The molecule has 110 valence electrons. The predicted molar refractivity (Wildman–Crippen MR) is 83.6 cm³/mol. The molecule has 2 N–H and O–H groups in total. The van der Waals surface area contributed by atoms with Crippen molar-refractivity contribution >= 4 is 34.8 Å². The first-order chi connectivity index (χ1) is 9.60. The zero-order chi connectivity index (χ0) is 14.5. The molecule has 0 saturated carbocycles. The Labute approximate surface area is 129 Å². The number of hydrogen-bond donors (Lipinski definition) is 2. The number of halogens is 2. The zero-order valence-corrected chi connectivity index (χ0v) is 13.0. The summed E-state index contributed by atoms with van der Waals surface area (Å²) < 4.78 is 0. The molecule has 1 amide bonds. The van der Waals surface area contributed by atoms with Crippen LogP contribution in [-0.4, -0.2) is 44.0 Å². The molecule has 1 fully saturated rings. The van der Waals surface area contributed by atoms with E-state index in [0.717, 1.165) is 26.1 Å². The van der Waals surface area contributed by atoms with Gasteiger partial charge in [-0.15, -0.1) is 0 Å². The third-order valence-corrected chi connectivity index (χ3v) is 4.09. The van der Waals surface area contributed by atoms with E-state index < -0.39 is 0 Å². The Morgan fingerprint density at radius 2 is 2.10 bits per heavy atom. The topological polar surface area (TPSA) is 44.4 Å². The first kappa shape index (κ1) is 15.6. The van der Waals surface area contributed by atoms with Gasteiger partial charge in [-0.1, -0.05) is 29.3 Å². The van der Waals surface area contributed by atoms with Crippen LogP contribution >= 0.6 is 23.2 Å². The van der Waals surface area contributed by atoms with Crippen molar-refractivity contribution in [3.8, 4) is 0 Å². The van der Waals surface area contributed by atoms with E-state index in [1.54, 1.807) is 18.2 Å². The van der Waals surface area contributed by atoms with Crippen LogP contribution in [0.25, 0.3) is 0 Å². The summed E-state index contributed by atoms with van der Waals surface area (Å²) in [6.07, 6.45) is 1.13. The van der Waals surface area contributed by atoms with Crippen molar-refractivity contribution in [2.45, 2.75) is 6.42 Å². The second-order valence-corrected chi connectivity index (χ2v) is 5.91. The largest absolute Gasteiger partial charge is 0.322 e. The Balaban J connectivity index is 1.87. The van der Waals surface area contributed by atoms with Crippen molar-refractivity contribution in [3.05, 3.63) is 28.2 Å². The van der Waals surface area contributed by atoms with E-state index in [0.29, 0.717) is 28.2 Å². The molecule has 1 aliphatic heterocycles. The highest BCUT2D eigenvalue weighted by molar-refractivity contribution is 6.39. The lowest BCUT2D eigenvalue weighted by molar-refractivity contribution is -0.117. The number of hydrogen-bond acceptors (Lipinski definition) is 3. The van der Waals surface area contributed by atoms with Gasteiger partial charge in [-0.05, 0) is 44.6 Å². The average Bonchev–Trinajstić information content (AvgIpc) is 2.82. The Morgan fingerprint density at radius 3 is 2.75 bits per heavy atom. The second kappa shape index (κ2) is 7.27. The van der Waals surface area contributed by atoms with Crippen LogP contribution in [0, 0.1) is 5.92 Å². The number of nitrogens with one attached hydrogen (secondary N) is 2. The molecule has 0 spiro atoms. The van der Waals surface area contributed by atoms with E-state index in [1.807, 2.05) is 7.05 Å². The highest BCUT2D eigenvalue weighted by Gasteiger charge is 2.23. The summed E-state index contributed by atoms with van der Waals surface area (Å²) in [5.41, 5.74) is 0.492. The number of likely N-dealkylation sites (tertiary alicyclic amines) is 1. The molecule has 2 rings (SSSR count). The lowest BCUT2D eigenvalue weighted by Gasteiger charge is -2.16. The normalized spacial score (nSPS) is 19.2. The number of para-hydroxylation sites is 1. The van der Waals surface area contributed by atoms with Gasteiger partial charge >= 0.3 is 0 Å². The molecule has 4 nitrogen and oxygen atoms in total. The van der Waals surface area contributed by atoms with Gasteiger partial charge in [0.25, 0.3) is 0 Å². The van der Waals surface area contributed by atoms with Gasteiger partial charge in [-0.2, -0.15) is 0 Å². The van der Waals surface area contributed by atoms with Crippen molar-refractivity contribution in [1.82, 2.24) is 10.2 Å². The molecule has 0 aromatic heterocycles. The maximum atomic E-state index is 12.1. The van der Waals surface area contributed by atoms with Crippen LogP contribution in [0.3, 0.4) is 0 Å². The number of carbonyl (C=O) groups excluding carboxylic acids is 1. The standard InChI is InChI=1S/C14H19Cl2N3O/c1-17-7-10-5-6-19(8-10)9-13(20)18-14-11(15)3-2-4-12(14)16/h2-4,10,17H,5-9H2,1H3,(H,18,20). The zero-order valence-electron chi connectivity index (χ0n) is 11.5. The molecule has 1 aromatic rings. The van der Waals surface area contributed by atoms with Crippen LogP contribution in [0.15, 0.2) is 18.2 Å². The number of benzene rings is 1. The summed E-state index contributed by atoms with van der Waals surface area (Å²) in [5.74, 6) is 0.543. The quantitative estimate of drug-likeness (QED) is 0.877. The maximum Gasteiger partial charge on any atom is 0.238 e. The van der Waals surface area contributed by atoms with Gasteiger partial charge in [-0.3, -0.25) is 9.69 Å². The molecule has 6 heteroatoms. The molecule has 1 heterocycles. The van der Waals surface area contributed by atoms with Crippen LogP contribution in [0.5, 0.6) is 0 Å². The highest BCUT2D eigenvalue weighted by Crippen LogP contribution is 2.29. The van der Waals surface area contributed by atoms with Gasteiger partial charge in [0.1, 0.15) is 0 Å². The van der Waals surface area contributed by atoms with E-state index >= 15 is 0 Å². The number of carbonyl (C=O) groups is 1. The number of anilines is 1. The molecule has 20 heavy (non-hydrogen) atoms. The maximum absolute atomic E-state index is 12.1. The van der Waals surface area contributed by atoms with E-state index in [9.17, 15) is 4.79 Å². The predicted octanol–water partition coefficient (Wildman–Crippen LogP) is 2.47. The summed E-state index contributed by atoms with van der Waals surface area (Å²) in [6, 6.07) is 5.17. The summed E-state index contributed by atoms with van der Waals surface area (Å²) in [7, 11) is 1.95. The second-order valence-electron chi connectivity index (χ2n) is 5.09. The van der Waals surface area contributed by atoms with Crippen LogP contribution in [0.2, 0.25) is 10.0 Å². The van der Waals surface area contributed by atoms with Crippen molar-refractivity contribution in [2.75, 3.05) is 38.5 Å². The molecule has 1 unspecified atom stereocenters. The third-order valence-electron chi connectivity index (χ3n) is 3.46. The number of rotatable bonds is 5. The van der Waals surface area contributed by atoms with Crippen molar-refractivity contribution in [3.63, 3.8) is 0 Å². The molecule has 0 radical (unpaired) electrons. The fraction of sp³-hybridized carbons (Fsp3) is 0.500.